The van der Waals surface area contributed by atoms with E-state index in [1.165, 1.54) is 0 Å². The lowest BCUT2D eigenvalue weighted by Crippen LogP contribution is -2.93. The average Bonchev–Trinajstić information content (AvgIpc) is 2.42. The number of aliphatic carboxylic acids is 1. The molecule has 0 fully saturated rings. The molecule has 0 radical (unpaired) electrons. The third-order valence-corrected chi connectivity index (χ3v) is 3.48. The van der Waals surface area contributed by atoms with E-state index in [4.69, 9.17) is 11.6 Å². The molecule has 0 unspecified atom stereocenters. The number of quaternary nitrogens is 2. The highest BCUT2D eigenvalue weighted by Crippen LogP contribution is 2.19. The van der Waals surface area contributed by atoms with E-state index >= 15 is 0 Å². The van der Waals surface area contributed by atoms with Crippen molar-refractivity contribution >= 4 is 29.2 Å². The van der Waals surface area contributed by atoms with Crippen LogP contribution in [0.2, 0.25) is 5.02 Å². The maximum Gasteiger partial charge on any atom is 0.230 e. The predicted molar refractivity (Wildman–Crippen MR) is 77.4 cm³/mol. The van der Waals surface area contributed by atoms with Crippen LogP contribution in [0.5, 0.6) is 0 Å². The molecule has 6 nitrogen and oxygen atoms in total. The summed E-state index contributed by atoms with van der Waals surface area (Å²) in [5.74, 6) is -1.62. The van der Waals surface area contributed by atoms with E-state index < -0.39 is 12.0 Å². The fourth-order valence-electron chi connectivity index (χ4n) is 1.81. The molecule has 0 aliphatic heterocycles. The Labute approximate surface area is 128 Å². The summed E-state index contributed by atoms with van der Waals surface area (Å²) in [4.78, 5) is 22.9. The van der Waals surface area contributed by atoms with Gasteiger partial charge in [-0.05, 0) is 24.6 Å². The van der Waals surface area contributed by atoms with Gasteiger partial charge >= 0.3 is 0 Å². The Morgan fingerprint density at radius 1 is 1.48 bits per heavy atom. The Balaban J connectivity index is 2.56. The zero-order valence-electron chi connectivity index (χ0n) is 12.0. The number of carbonyl (C=O) groups is 2. The molecule has 7 heteroatoms. The van der Waals surface area contributed by atoms with E-state index in [2.05, 4.69) is 11.1 Å². The van der Waals surface area contributed by atoms with Crippen LogP contribution in [-0.2, 0) is 9.59 Å². The number of nitrogens with one attached hydrogen (secondary N) is 1. The topological polar surface area (TPSA) is 113 Å². The van der Waals surface area contributed by atoms with Crippen LogP contribution in [0.1, 0.15) is 18.4 Å². The third-order valence-electron chi connectivity index (χ3n) is 3.07. The van der Waals surface area contributed by atoms with Gasteiger partial charge in [-0.25, -0.2) is 0 Å². The number of carboxylic acid groups (broad SMARTS) is 1. The number of aryl methyl sites for hydroxylation is 1. The van der Waals surface area contributed by atoms with Gasteiger partial charge < -0.3 is 26.3 Å². The predicted octanol–water partition coefficient (Wildman–Crippen LogP) is -1.71. The van der Waals surface area contributed by atoms with Crippen molar-refractivity contribution in [1.29, 1.82) is 0 Å². The normalized spacial score (nSPS) is 12.0. The summed E-state index contributed by atoms with van der Waals surface area (Å²) in [6, 6.07) is 4.25. The number of benzene rings is 1. The molecule has 1 aromatic rings. The van der Waals surface area contributed by atoms with Gasteiger partial charge in [0, 0.05) is 17.1 Å². The molecule has 0 aromatic heterocycles. The molecule has 1 rings (SSSR count). The highest BCUT2D eigenvalue weighted by molar-refractivity contribution is 6.31. The number of hydrogen-bond acceptors (Lipinski definition) is 3. The minimum absolute atomic E-state index is 0.148. The van der Waals surface area contributed by atoms with E-state index in [9.17, 15) is 14.7 Å². The van der Waals surface area contributed by atoms with Gasteiger partial charge in [-0.3, -0.25) is 4.79 Å². The first kappa shape index (κ1) is 17.4. The van der Waals surface area contributed by atoms with E-state index in [1.807, 2.05) is 6.92 Å². The molecule has 0 spiro atoms. The van der Waals surface area contributed by atoms with Crippen molar-refractivity contribution in [2.75, 3.05) is 18.4 Å². The second-order valence-corrected chi connectivity index (χ2v) is 5.28. The molecule has 6 N–H and O–H groups in total. The Bertz CT molecular complexity index is 508. The van der Waals surface area contributed by atoms with Crippen molar-refractivity contribution in [2.45, 2.75) is 25.8 Å². The number of hydrogen-bond donors (Lipinski definition) is 3. The lowest BCUT2D eigenvalue weighted by molar-refractivity contribution is -0.684. The molecule has 0 saturated heterocycles. The molecule has 1 amide bonds. The Morgan fingerprint density at radius 2 is 2.19 bits per heavy atom. The first-order valence-corrected chi connectivity index (χ1v) is 7.21. The zero-order valence-corrected chi connectivity index (χ0v) is 12.8. The van der Waals surface area contributed by atoms with Crippen LogP contribution in [0.4, 0.5) is 5.69 Å². The number of rotatable bonds is 8. The Hall–Kier alpha value is -1.63. The molecule has 0 aliphatic carbocycles. The highest BCUT2D eigenvalue weighted by atomic mass is 35.5. The van der Waals surface area contributed by atoms with Crippen molar-refractivity contribution in [3.8, 4) is 0 Å². The van der Waals surface area contributed by atoms with Crippen LogP contribution in [-0.4, -0.2) is 31.0 Å². The van der Waals surface area contributed by atoms with E-state index in [-0.39, 0.29) is 12.3 Å². The van der Waals surface area contributed by atoms with Crippen LogP contribution in [0.15, 0.2) is 18.2 Å². The minimum atomic E-state index is -1.24. The second kappa shape index (κ2) is 8.61. The lowest BCUT2D eigenvalue weighted by atomic mass is 10.1. The second-order valence-electron chi connectivity index (χ2n) is 4.87. The van der Waals surface area contributed by atoms with Gasteiger partial charge in [-0.15, -0.1) is 0 Å². The molecule has 0 aliphatic rings. The van der Waals surface area contributed by atoms with Gasteiger partial charge in [0.05, 0.1) is 25.5 Å². The van der Waals surface area contributed by atoms with Gasteiger partial charge in [0.15, 0.2) is 0 Å². The third kappa shape index (κ3) is 6.12. The van der Waals surface area contributed by atoms with Crippen molar-refractivity contribution in [2.24, 2.45) is 0 Å². The summed E-state index contributed by atoms with van der Waals surface area (Å²) in [6.07, 6.45) is 0.643. The maximum atomic E-state index is 11.9. The first-order chi connectivity index (χ1) is 9.93. The standard InChI is InChI=1S/C14H20ClN3O3/c1-9-3-4-10(7-11(9)15)18-13(19)8-12(14(20)21)17-6-2-5-16/h3-4,7,12,17H,2,5-6,8,16H2,1H3,(H,18,19)(H,20,21)/p+1/t12-/m0/s1. The monoisotopic (exact) mass is 314 g/mol. The molecular weight excluding hydrogens is 294 g/mol. The molecule has 0 bridgehead atoms. The summed E-state index contributed by atoms with van der Waals surface area (Å²) in [7, 11) is 0. The first-order valence-electron chi connectivity index (χ1n) is 6.83. The van der Waals surface area contributed by atoms with E-state index in [0.29, 0.717) is 17.3 Å². The summed E-state index contributed by atoms with van der Waals surface area (Å²) >= 11 is 5.97. The molecule has 1 atom stereocenters. The van der Waals surface area contributed by atoms with Crippen molar-refractivity contribution in [3.05, 3.63) is 28.8 Å². The van der Waals surface area contributed by atoms with Crippen LogP contribution < -0.4 is 21.5 Å². The largest absolute Gasteiger partial charge is 0.544 e. The molecule has 1 aromatic carbocycles. The van der Waals surface area contributed by atoms with Crippen molar-refractivity contribution in [3.63, 3.8) is 0 Å². The number of amides is 1. The Morgan fingerprint density at radius 3 is 2.76 bits per heavy atom. The minimum Gasteiger partial charge on any atom is -0.544 e. The molecule has 0 heterocycles. The number of anilines is 1. The fraction of sp³-hybridized carbons (Fsp3) is 0.429. The van der Waals surface area contributed by atoms with Crippen LogP contribution in [0.3, 0.4) is 0 Å². The summed E-state index contributed by atoms with van der Waals surface area (Å²) in [5.41, 5.74) is 5.14. The van der Waals surface area contributed by atoms with Crippen molar-refractivity contribution in [1.82, 2.24) is 0 Å². The Kier molecular flexibility index (Phi) is 7.14. The smallest absolute Gasteiger partial charge is 0.230 e. The van der Waals surface area contributed by atoms with Gasteiger partial charge in [0.25, 0.3) is 0 Å². The van der Waals surface area contributed by atoms with Gasteiger partial charge in [-0.1, -0.05) is 17.7 Å². The molecular formula is C14H21ClN3O3+. The molecule has 0 saturated carbocycles. The average molecular weight is 315 g/mol. The quantitative estimate of drug-likeness (QED) is 0.496. The summed E-state index contributed by atoms with van der Waals surface area (Å²) in [6.45, 7) is 3.19. The summed E-state index contributed by atoms with van der Waals surface area (Å²) in [5, 5.41) is 15.8. The zero-order chi connectivity index (χ0) is 15.8. The van der Waals surface area contributed by atoms with Crippen LogP contribution in [0, 0.1) is 6.92 Å². The maximum absolute atomic E-state index is 11.9. The van der Waals surface area contributed by atoms with E-state index in [1.54, 1.807) is 23.5 Å². The number of carboxylic acids is 1. The van der Waals surface area contributed by atoms with Crippen molar-refractivity contribution < 1.29 is 25.7 Å². The van der Waals surface area contributed by atoms with Crippen LogP contribution in [0.25, 0.3) is 0 Å². The van der Waals surface area contributed by atoms with Gasteiger partial charge in [0.2, 0.25) is 5.91 Å². The SMILES string of the molecule is Cc1ccc(NC(=O)C[C@H]([NH2+]CCC[NH3+])C(=O)[O-])cc1Cl. The van der Waals surface area contributed by atoms with Gasteiger partial charge in [0.1, 0.15) is 6.04 Å². The molecule has 116 valence electrons. The fourth-order valence-corrected chi connectivity index (χ4v) is 1.99. The van der Waals surface area contributed by atoms with E-state index in [0.717, 1.165) is 18.5 Å². The van der Waals surface area contributed by atoms with Crippen LogP contribution >= 0.6 is 11.6 Å². The molecule has 21 heavy (non-hydrogen) atoms. The summed E-state index contributed by atoms with van der Waals surface area (Å²) < 4.78 is 0. The van der Waals surface area contributed by atoms with Gasteiger partial charge in [-0.2, -0.15) is 0 Å². The number of halogens is 1. The highest BCUT2D eigenvalue weighted by Gasteiger charge is 2.18. The lowest BCUT2D eigenvalue weighted by Gasteiger charge is -2.16. The number of nitrogens with two attached hydrogens (primary N) is 1. The number of carbonyl (C=O) groups excluding carboxylic acids is 2.